The Balaban J connectivity index is 2.03. The minimum absolute atomic E-state index is 0.241. The van der Waals surface area contributed by atoms with Crippen LogP contribution in [0.15, 0.2) is 22.5 Å². The van der Waals surface area contributed by atoms with Crippen LogP contribution in [0.2, 0.25) is 0 Å². The van der Waals surface area contributed by atoms with Gasteiger partial charge in [0.1, 0.15) is 4.21 Å². The maximum atomic E-state index is 12.2. The highest BCUT2D eigenvalue weighted by atomic mass is 32.2. The van der Waals surface area contributed by atoms with Crippen LogP contribution < -0.4 is 10.0 Å². The van der Waals surface area contributed by atoms with E-state index in [1.165, 1.54) is 11.3 Å². The Morgan fingerprint density at radius 1 is 1.35 bits per heavy atom. The third-order valence-corrected chi connectivity index (χ3v) is 5.82. The molecule has 8 heteroatoms. The molecule has 0 aliphatic heterocycles. The zero-order valence-electron chi connectivity index (χ0n) is 11.4. The van der Waals surface area contributed by atoms with Gasteiger partial charge in [0.25, 0.3) is 0 Å². The summed E-state index contributed by atoms with van der Waals surface area (Å²) in [4.78, 5) is 1.01. The molecule has 110 valence electrons. The van der Waals surface area contributed by atoms with Crippen molar-refractivity contribution in [2.75, 3.05) is 6.54 Å². The number of rotatable bonds is 7. The predicted molar refractivity (Wildman–Crippen MR) is 79.0 cm³/mol. The first-order chi connectivity index (χ1) is 9.53. The lowest BCUT2D eigenvalue weighted by Crippen LogP contribution is -2.22. The van der Waals surface area contributed by atoms with Gasteiger partial charge in [0.2, 0.25) is 10.0 Å². The second-order valence-electron chi connectivity index (χ2n) is 4.35. The molecule has 3 N–H and O–H groups in total. The van der Waals surface area contributed by atoms with E-state index in [4.69, 9.17) is 0 Å². The van der Waals surface area contributed by atoms with Gasteiger partial charge in [-0.2, -0.15) is 5.10 Å². The number of aryl methyl sites for hydroxylation is 1. The molecule has 20 heavy (non-hydrogen) atoms. The normalized spacial score (nSPS) is 11.9. The Labute approximate surface area is 122 Å². The summed E-state index contributed by atoms with van der Waals surface area (Å²) in [6.45, 7) is 5.66. The molecular weight excluding hydrogens is 296 g/mol. The molecule has 0 saturated carbocycles. The highest BCUT2D eigenvalue weighted by Crippen LogP contribution is 2.21. The number of hydrogen-bond donors (Lipinski definition) is 3. The molecule has 0 amide bonds. The lowest BCUT2D eigenvalue weighted by Gasteiger charge is -2.03. The van der Waals surface area contributed by atoms with Crippen LogP contribution in [0.25, 0.3) is 0 Å². The van der Waals surface area contributed by atoms with Crippen LogP contribution in [0.4, 0.5) is 0 Å². The first kappa shape index (κ1) is 15.2. The molecule has 2 aromatic rings. The van der Waals surface area contributed by atoms with E-state index in [1.54, 1.807) is 12.3 Å². The SMILES string of the molecule is CCNCc1ccc(S(=O)(=O)NCc2cn[nH]c2C)s1. The van der Waals surface area contributed by atoms with Crippen LogP contribution in [0.1, 0.15) is 23.1 Å². The molecule has 0 atom stereocenters. The number of H-pyrrole nitrogens is 1. The van der Waals surface area contributed by atoms with E-state index < -0.39 is 10.0 Å². The van der Waals surface area contributed by atoms with Gasteiger partial charge >= 0.3 is 0 Å². The van der Waals surface area contributed by atoms with Crippen molar-refractivity contribution >= 4 is 21.4 Å². The topological polar surface area (TPSA) is 86.9 Å². The number of hydrogen-bond acceptors (Lipinski definition) is 5. The van der Waals surface area contributed by atoms with Crippen molar-refractivity contribution in [3.05, 3.63) is 34.5 Å². The highest BCUT2D eigenvalue weighted by Gasteiger charge is 2.17. The standard InChI is InChI=1S/C12H18N4O2S2/c1-3-13-8-11-4-5-12(19-11)20(17,18)15-7-10-6-14-16-9(10)2/h4-6,13,15H,3,7-8H2,1-2H3,(H,14,16). The first-order valence-electron chi connectivity index (χ1n) is 6.31. The highest BCUT2D eigenvalue weighted by molar-refractivity contribution is 7.91. The molecular formula is C12H18N4O2S2. The van der Waals surface area contributed by atoms with E-state index in [0.29, 0.717) is 10.8 Å². The smallest absolute Gasteiger partial charge is 0.250 e. The van der Waals surface area contributed by atoms with Crippen molar-refractivity contribution < 1.29 is 8.42 Å². The van der Waals surface area contributed by atoms with Gasteiger partial charge in [0.05, 0.1) is 6.20 Å². The summed E-state index contributed by atoms with van der Waals surface area (Å²) in [5.41, 5.74) is 1.71. The number of nitrogens with one attached hydrogen (secondary N) is 3. The quantitative estimate of drug-likeness (QED) is 0.720. The summed E-state index contributed by atoms with van der Waals surface area (Å²) in [5.74, 6) is 0. The lowest BCUT2D eigenvalue weighted by atomic mass is 10.3. The van der Waals surface area contributed by atoms with Crippen molar-refractivity contribution in [2.45, 2.75) is 31.1 Å². The van der Waals surface area contributed by atoms with Crippen molar-refractivity contribution in [1.29, 1.82) is 0 Å². The lowest BCUT2D eigenvalue weighted by molar-refractivity contribution is 0.583. The van der Waals surface area contributed by atoms with Gasteiger partial charge in [-0.15, -0.1) is 11.3 Å². The molecule has 0 bridgehead atoms. The number of nitrogens with zero attached hydrogens (tertiary/aromatic N) is 1. The Hall–Kier alpha value is -1.22. The number of aromatic amines is 1. The van der Waals surface area contributed by atoms with E-state index in [1.807, 2.05) is 19.9 Å². The summed E-state index contributed by atoms with van der Waals surface area (Å²) in [6.07, 6.45) is 1.63. The van der Waals surface area contributed by atoms with Gasteiger partial charge in [0.15, 0.2) is 0 Å². The number of aromatic nitrogens is 2. The van der Waals surface area contributed by atoms with Crippen LogP contribution in [0.3, 0.4) is 0 Å². The molecule has 0 fully saturated rings. The molecule has 6 nitrogen and oxygen atoms in total. The van der Waals surface area contributed by atoms with E-state index in [9.17, 15) is 8.42 Å². The van der Waals surface area contributed by atoms with Crippen molar-refractivity contribution in [3.63, 3.8) is 0 Å². The van der Waals surface area contributed by atoms with Crippen LogP contribution >= 0.6 is 11.3 Å². The van der Waals surface area contributed by atoms with Crippen molar-refractivity contribution in [1.82, 2.24) is 20.2 Å². The summed E-state index contributed by atoms with van der Waals surface area (Å²) < 4.78 is 27.3. The van der Waals surface area contributed by atoms with Crippen LogP contribution in [0.5, 0.6) is 0 Å². The van der Waals surface area contributed by atoms with E-state index >= 15 is 0 Å². The molecule has 0 radical (unpaired) electrons. The number of sulfonamides is 1. The molecule has 0 saturated heterocycles. The van der Waals surface area contributed by atoms with Crippen molar-refractivity contribution in [3.8, 4) is 0 Å². The first-order valence-corrected chi connectivity index (χ1v) is 8.61. The van der Waals surface area contributed by atoms with Gasteiger partial charge in [-0.1, -0.05) is 6.92 Å². The van der Waals surface area contributed by atoms with Gasteiger partial charge < -0.3 is 5.32 Å². The summed E-state index contributed by atoms with van der Waals surface area (Å²) >= 11 is 1.28. The maximum absolute atomic E-state index is 12.2. The molecule has 0 aliphatic rings. The van der Waals surface area contributed by atoms with E-state index in [-0.39, 0.29) is 6.54 Å². The molecule has 0 spiro atoms. The van der Waals surface area contributed by atoms with Crippen LogP contribution in [-0.4, -0.2) is 25.2 Å². The average molecular weight is 314 g/mol. The van der Waals surface area contributed by atoms with Crippen LogP contribution in [-0.2, 0) is 23.1 Å². The van der Waals surface area contributed by atoms with Gasteiger partial charge in [0, 0.05) is 29.2 Å². The minimum Gasteiger partial charge on any atom is -0.312 e. The minimum atomic E-state index is -3.46. The summed E-state index contributed by atoms with van der Waals surface area (Å²) in [7, 11) is -3.46. The van der Waals surface area contributed by atoms with E-state index in [0.717, 1.165) is 22.7 Å². The van der Waals surface area contributed by atoms with Gasteiger partial charge in [-0.05, 0) is 25.6 Å². The Bertz CT molecular complexity index is 661. The molecule has 2 rings (SSSR count). The fourth-order valence-electron chi connectivity index (χ4n) is 1.64. The molecule has 0 aromatic carbocycles. The Kier molecular flexibility index (Phi) is 4.92. The van der Waals surface area contributed by atoms with Crippen molar-refractivity contribution in [2.24, 2.45) is 0 Å². The monoisotopic (exact) mass is 314 g/mol. The maximum Gasteiger partial charge on any atom is 0.250 e. The van der Waals surface area contributed by atoms with E-state index in [2.05, 4.69) is 20.2 Å². The molecule has 2 heterocycles. The second-order valence-corrected chi connectivity index (χ2v) is 7.51. The molecule has 0 aliphatic carbocycles. The number of thiophene rings is 1. The Morgan fingerprint density at radius 3 is 2.80 bits per heavy atom. The predicted octanol–water partition coefficient (Wildman–Crippen LogP) is 1.37. The van der Waals surface area contributed by atoms with Gasteiger partial charge in [-0.3, -0.25) is 5.10 Å². The zero-order valence-corrected chi connectivity index (χ0v) is 13.1. The van der Waals surface area contributed by atoms with Crippen LogP contribution in [0, 0.1) is 6.92 Å². The summed E-state index contributed by atoms with van der Waals surface area (Å²) in [6, 6.07) is 3.48. The zero-order chi connectivity index (χ0) is 14.6. The average Bonchev–Trinajstić information content (AvgIpc) is 3.03. The largest absolute Gasteiger partial charge is 0.312 e. The van der Waals surface area contributed by atoms with Gasteiger partial charge in [-0.25, -0.2) is 13.1 Å². The summed E-state index contributed by atoms with van der Waals surface area (Å²) in [5, 5.41) is 9.82. The molecule has 2 aromatic heterocycles. The third-order valence-electron chi connectivity index (χ3n) is 2.84. The second kappa shape index (κ2) is 6.49. The third kappa shape index (κ3) is 3.66. The molecule has 0 unspecified atom stereocenters. The fourth-order valence-corrected chi connectivity index (χ4v) is 4.02. The Morgan fingerprint density at radius 2 is 2.15 bits per heavy atom. The fraction of sp³-hybridized carbons (Fsp3) is 0.417.